The second kappa shape index (κ2) is 4.57. The first-order chi connectivity index (χ1) is 6.56. The van der Waals surface area contributed by atoms with Gasteiger partial charge in [0.05, 0.1) is 0 Å². The van der Waals surface area contributed by atoms with E-state index in [0.717, 1.165) is 5.57 Å². The van der Waals surface area contributed by atoms with Gasteiger partial charge in [-0.05, 0) is 19.8 Å². The van der Waals surface area contributed by atoms with Crippen LogP contribution < -0.4 is 0 Å². The van der Waals surface area contributed by atoms with Gasteiger partial charge in [-0.3, -0.25) is 4.79 Å². The van der Waals surface area contributed by atoms with Crippen molar-refractivity contribution in [2.24, 2.45) is 11.8 Å². The Morgan fingerprint density at radius 2 is 2.07 bits per heavy atom. The largest absolute Gasteiger partial charge is 0.465 e. The van der Waals surface area contributed by atoms with E-state index in [9.17, 15) is 4.79 Å². The number of aliphatic hydroxyl groups excluding tert-OH is 1. The first-order valence-corrected chi connectivity index (χ1v) is 4.68. The summed E-state index contributed by atoms with van der Waals surface area (Å²) in [7, 11) is 0. The molecule has 3 atom stereocenters. The molecule has 0 spiro atoms. The van der Waals surface area contributed by atoms with Crippen molar-refractivity contribution >= 4 is 6.47 Å². The number of carbonyl (C=O) groups is 1. The Balaban J connectivity index is 2.65. The van der Waals surface area contributed by atoms with Crippen LogP contribution in [0.15, 0.2) is 12.2 Å². The average molecular weight is 200 g/mol. The summed E-state index contributed by atoms with van der Waals surface area (Å²) in [6.45, 7) is 5.97. The minimum Gasteiger partial charge on any atom is -0.465 e. The zero-order valence-corrected chi connectivity index (χ0v) is 8.22. The first-order valence-electron chi connectivity index (χ1n) is 4.68. The molecule has 1 fully saturated rings. The molecule has 1 aliphatic rings. The van der Waals surface area contributed by atoms with Crippen molar-refractivity contribution < 1.29 is 19.7 Å². The van der Waals surface area contributed by atoms with Crippen LogP contribution in [-0.2, 0) is 9.53 Å². The van der Waals surface area contributed by atoms with Crippen LogP contribution in [0.4, 0.5) is 0 Å². The molecule has 0 bridgehead atoms. The number of aliphatic hydroxyl groups is 2. The number of carbonyl (C=O) groups excluding carboxylic acids is 1. The van der Waals surface area contributed by atoms with Crippen molar-refractivity contribution in [3.63, 3.8) is 0 Å². The van der Waals surface area contributed by atoms with E-state index in [-0.39, 0.29) is 17.9 Å². The van der Waals surface area contributed by atoms with Crippen molar-refractivity contribution in [3.8, 4) is 0 Å². The molecule has 0 aromatic carbocycles. The number of hydrogen-bond acceptors (Lipinski definition) is 4. The summed E-state index contributed by atoms with van der Waals surface area (Å²) >= 11 is 0. The van der Waals surface area contributed by atoms with Crippen LogP contribution in [0, 0.1) is 11.8 Å². The molecule has 4 nitrogen and oxygen atoms in total. The van der Waals surface area contributed by atoms with Gasteiger partial charge in [-0.25, -0.2) is 0 Å². The fourth-order valence-corrected chi connectivity index (χ4v) is 2.08. The monoisotopic (exact) mass is 200 g/mol. The lowest BCUT2D eigenvalue weighted by molar-refractivity contribution is -0.142. The summed E-state index contributed by atoms with van der Waals surface area (Å²) in [5.41, 5.74) is 0.981. The van der Waals surface area contributed by atoms with Crippen LogP contribution in [0.25, 0.3) is 0 Å². The Labute approximate surface area is 83.2 Å². The van der Waals surface area contributed by atoms with Crippen LogP contribution in [0.5, 0.6) is 0 Å². The highest BCUT2D eigenvalue weighted by atomic mass is 16.5. The van der Waals surface area contributed by atoms with E-state index in [1.54, 1.807) is 6.92 Å². The first kappa shape index (κ1) is 11.2. The highest BCUT2D eigenvalue weighted by Gasteiger charge is 2.38. The summed E-state index contributed by atoms with van der Waals surface area (Å²) in [6, 6.07) is 0. The van der Waals surface area contributed by atoms with E-state index in [1.165, 1.54) is 0 Å². The maximum atomic E-state index is 10.2. The number of allylic oxidation sites excluding steroid dienone is 1. The summed E-state index contributed by atoms with van der Waals surface area (Å²) in [6.07, 6.45) is -0.373. The van der Waals surface area contributed by atoms with Crippen LogP contribution in [0.3, 0.4) is 0 Å². The van der Waals surface area contributed by atoms with E-state index in [4.69, 9.17) is 14.9 Å². The van der Waals surface area contributed by atoms with Gasteiger partial charge < -0.3 is 14.9 Å². The van der Waals surface area contributed by atoms with Crippen LogP contribution >= 0.6 is 0 Å². The molecule has 0 saturated heterocycles. The molecule has 0 aromatic heterocycles. The lowest BCUT2D eigenvalue weighted by atomic mass is 9.91. The molecule has 1 saturated carbocycles. The van der Waals surface area contributed by atoms with E-state index in [0.29, 0.717) is 19.3 Å². The zero-order chi connectivity index (χ0) is 10.7. The molecule has 80 valence electrons. The fraction of sp³-hybridized carbons (Fsp3) is 0.700. The number of hydrogen-bond donors (Lipinski definition) is 2. The van der Waals surface area contributed by atoms with Crippen molar-refractivity contribution in [3.05, 3.63) is 12.2 Å². The van der Waals surface area contributed by atoms with Crippen LogP contribution in [0.1, 0.15) is 19.8 Å². The summed E-state index contributed by atoms with van der Waals surface area (Å²) < 4.78 is 4.81. The molecular weight excluding hydrogens is 184 g/mol. The van der Waals surface area contributed by atoms with Crippen molar-refractivity contribution in [2.75, 3.05) is 0 Å². The van der Waals surface area contributed by atoms with Gasteiger partial charge in [0.1, 0.15) is 6.10 Å². The molecule has 0 heterocycles. The molecule has 0 aromatic rings. The lowest BCUT2D eigenvalue weighted by Crippen LogP contribution is -2.31. The number of rotatable bonds is 4. The smallest absolute Gasteiger partial charge is 0.293 e. The Bertz CT molecular complexity index is 224. The Morgan fingerprint density at radius 3 is 2.57 bits per heavy atom. The van der Waals surface area contributed by atoms with Crippen LogP contribution in [-0.4, -0.2) is 29.1 Å². The highest BCUT2D eigenvalue weighted by molar-refractivity contribution is 5.37. The van der Waals surface area contributed by atoms with Gasteiger partial charge in [0.25, 0.3) is 6.47 Å². The molecule has 2 N–H and O–H groups in total. The van der Waals surface area contributed by atoms with Crippen molar-refractivity contribution in [2.45, 2.75) is 32.2 Å². The van der Waals surface area contributed by atoms with E-state index in [2.05, 4.69) is 6.58 Å². The molecule has 0 aliphatic heterocycles. The van der Waals surface area contributed by atoms with E-state index >= 15 is 0 Å². The Morgan fingerprint density at radius 1 is 1.50 bits per heavy atom. The minimum absolute atomic E-state index is 0.0345. The Kier molecular flexibility index (Phi) is 3.66. The third-order valence-electron chi connectivity index (χ3n) is 2.85. The normalized spacial score (nSPS) is 29.3. The van der Waals surface area contributed by atoms with Crippen molar-refractivity contribution in [1.82, 2.24) is 0 Å². The molecule has 1 aliphatic carbocycles. The molecule has 4 heteroatoms. The number of ether oxygens (including phenoxy) is 1. The van der Waals surface area contributed by atoms with Gasteiger partial charge in [-0.15, -0.1) is 0 Å². The van der Waals surface area contributed by atoms with Crippen LogP contribution in [0.2, 0.25) is 0 Å². The SMILES string of the molecule is C=C1CC(C(O)O)C(C(C)OC=O)C1. The second-order valence-electron chi connectivity index (χ2n) is 3.84. The van der Waals surface area contributed by atoms with Gasteiger partial charge in [0.15, 0.2) is 6.29 Å². The summed E-state index contributed by atoms with van der Waals surface area (Å²) in [5, 5.41) is 18.3. The van der Waals surface area contributed by atoms with Gasteiger partial charge in [0.2, 0.25) is 0 Å². The van der Waals surface area contributed by atoms with E-state index in [1.807, 2.05) is 0 Å². The maximum absolute atomic E-state index is 10.2. The van der Waals surface area contributed by atoms with Gasteiger partial charge in [-0.1, -0.05) is 12.2 Å². The van der Waals surface area contributed by atoms with Gasteiger partial charge in [0, 0.05) is 11.8 Å². The molecule has 3 unspecified atom stereocenters. The standard InChI is InChI=1S/C10H16O4/c1-6-3-8(7(2)14-5-11)9(4-6)10(12)13/h5,7-10,12-13H,1,3-4H2,2H3. The quantitative estimate of drug-likeness (QED) is 0.392. The summed E-state index contributed by atoms with van der Waals surface area (Å²) in [4.78, 5) is 10.2. The zero-order valence-electron chi connectivity index (χ0n) is 8.22. The minimum atomic E-state index is -1.36. The molecule has 14 heavy (non-hydrogen) atoms. The third-order valence-corrected chi connectivity index (χ3v) is 2.85. The van der Waals surface area contributed by atoms with Gasteiger partial charge >= 0.3 is 0 Å². The third kappa shape index (κ3) is 2.33. The van der Waals surface area contributed by atoms with E-state index < -0.39 is 6.29 Å². The highest BCUT2D eigenvalue weighted by Crippen LogP contribution is 2.39. The lowest BCUT2D eigenvalue weighted by Gasteiger charge is -2.25. The van der Waals surface area contributed by atoms with Gasteiger partial charge in [-0.2, -0.15) is 0 Å². The summed E-state index contributed by atoms with van der Waals surface area (Å²) in [5.74, 6) is -0.301. The second-order valence-corrected chi connectivity index (χ2v) is 3.84. The molecule has 1 rings (SSSR count). The maximum Gasteiger partial charge on any atom is 0.293 e. The molecular formula is C10H16O4. The van der Waals surface area contributed by atoms with Crippen molar-refractivity contribution in [1.29, 1.82) is 0 Å². The molecule has 0 radical (unpaired) electrons. The predicted octanol–water partition coefficient (Wildman–Crippen LogP) is 0.441. The fourth-order valence-electron chi connectivity index (χ4n) is 2.08. The predicted molar refractivity (Wildman–Crippen MR) is 50.2 cm³/mol. The molecule has 0 amide bonds. The average Bonchev–Trinajstić information content (AvgIpc) is 2.48. The Hall–Kier alpha value is -0.870. The topological polar surface area (TPSA) is 66.8 Å².